The Morgan fingerprint density at radius 2 is 1.92 bits per heavy atom. The summed E-state index contributed by atoms with van der Waals surface area (Å²) < 4.78 is 1.90. The number of hydrogen-bond acceptors (Lipinski definition) is 3. The molecule has 138 valence electrons. The van der Waals surface area contributed by atoms with Crippen LogP contribution in [0.3, 0.4) is 0 Å². The summed E-state index contributed by atoms with van der Waals surface area (Å²) in [5.74, 6) is 0.857. The fourth-order valence-electron chi connectivity index (χ4n) is 3.85. The predicted octanol–water partition coefficient (Wildman–Crippen LogP) is 3.69. The van der Waals surface area contributed by atoms with Gasteiger partial charge in [0, 0.05) is 12.1 Å². The molecule has 1 amide bonds. The van der Waals surface area contributed by atoms with Gasteiger partial charge in [-0.05, 0) is 64.5 Å². The number of rotatable bonds is 7. The largest absolute Gasteiger partial charge is 0.322 e. The second-order valence-corrected chi connectivity index (χ2v) is 7.82. The number of anilines is 1. The minimum Gasteiger partial charge on any atom is -0.322 e. The van der Waals surface area contributed by atoms with Gasteiger partial charge in [-0.1, -0.05) is 18.2 Å². The molecular formula is C21H28N4O. The standard InChI is InChI=1S/C21H28N4O/c1-14-21(16(3)25(23-14)19-7-5-4-6-8-19)22-20(26)13-24(18-11-12-18)15(2)17-9-10-17/h4-8,15,17-18H,9-13H2,1-3H3,(H,22,26). The zero-order chi connectivity index (χ0) is 18.3. The van der Waals surface area contributed by atoms with Gasteiger partial charge in [0.2, 0.25) is 5.91 Å². The van der Waals surface area contributed by atoms with E-state index in [1.807, 2.05) is 48.9 Å². The molecule has 1 heterocycles. The number of nitrogens with one attached hydrogen (secondary N) is 1. The number of carbonyl (C=O) groups is 1. The number of hydrogen-bond donors (Lipinski definition) is 1. The molecule has 0 aliphatic heterocycles. The Morgan fingerprint density at radius 3 is 2.54 bits per heavy atom. The Morgan fingerprint density at radius 1 is 1.23 bits per heavy atom. The molecule has 1 atom stereocenters. The summed E-state index contributed by atoms with van der Waals surface area (Å²) >= 11 is 0. The van der Waals surface area contributed by atoms with Crippen LogP contribution >= 0.6 is 0 Å². The molecule has 2 aromatic rings. The lowest BCUT2D eigenvalue weighted by Gasteiger charge is -2.28. The van der Waals surface area contributed by atoms with Crippen molar-refractivity contribution in [1.82, 2.24) is 14.7 Å². The van der Waals surface area contributed by atoms with Crippen molar-refractivity contribution in [3.05, 3.63) is 41.7 Å². The number of aryl methyl sites for hydroxylation is 1. The highest BCUT2D eigenvalue weighted by molar-refractivity contribution is 5.93. The Hall–Kier alpha value is -2.14. The van der Waals surface area contributed by atoms with E-state index < -0.39 is 0 Å². The molecule has 0 saturated heterocycles. The molecule has 2 aliphatic carbocycles. The topological polar surface area (TPSA) is 50.2 Å². The van der Waals surface area contributed by atoms with Gasteiger partial charge >= 0.3 is 0 Å². The average molecular weight is 352 g/mol. The van der Waals surface area contributed by atoms with Crippen LogP contribution in [0.4, 0.5) is 5.69 Å². The third-order valence-corrected chi connectivity index (χ3v) is 5.73. The van der Waals surface area contributed by atoms with Crippen LogP contribution in [0.1, 0.15) is 44.0 Å². The van der Waals surface area contributed by atoms with E-state index in [2.05, 4.69) is 22.2 Å². The van der Waals surface area contributed by atoms with Gasteiger partial charge in [0.25, 0.3) is 0 Å². The molecule has 0 radical (unpaired) electrons. The number of nitrogens with zero attached hydrogens (tertiary/aromatic N) is 3. The van der Waals surface area contributed by atoms with Gasteiger partial charge in [0.1, 0.15) is 0 Å². The summed E-state index contributed by atoms with van der Waals surface area (Å²) in [5, 5.41) is 7.75. The number of benzene rings is 1. The van der Waals surface area contributed by atoms with Crippen LogP contribution < -0.4 is 5.32 Å². The van der Waals surface area contributed by atoms with Crippen molar-refractivity contribution in [2.24, 2.45) is 5.92 Å². The number of para-hydroxylation sites is 1. The van der Waals surface area contributed by atoms with Crippen LogP contribution in [0.5, 0.6) is 0 Å². The number of carbonyl (C=O) groups excluding carboxylic acids is 1. The van der Waals surface area contributed by atoms with E-state index in [-0.39, 0.29) is 5.91 Å². The molecule has 1 aromatic carbocycles. The molecule has 2 aliphatic rings. The molecule has 2 saturated carbocycles. The van der Waals surface area contributed by atoms with Crippen LogP contribution in [0.2, 0.25) is 0 Å². The van der Waals surface area contributed by atoms with Gasteiger partial charge in [-0.2, -0.15) is 5.10 Å². The normalized spacial score (nSPS) is 18.2. The van der Waals surface area contributed by atoms with Crippen molar-refractivity contribution in [2.75, 3.05) is 11.9 Å². The molecule has 0 bridgehead atoms. The molecule has 5 nitrogen and oxygen atoms in total. The quantitative estimate of drug-likeness (QED) is 0.827. The van der Waals surface area contributed by atoms with Crippen molar-refractivity contribution >= 4 is 11.6 Å². The van der Waals surface area contributed by atoms with Gasteiger partial charge < -0.3 is 5.32 Å². The molecule has 0 spiro atoms. The van der Waals surface area contributed by atoms with Gasteiger partial charge in [-0.15, -0.1) is 0 Å². The van der Waals surface area contributed by atoms with Crippen molar-refractivity contribution in [1.29, 1.82) is 0 Å². The SMILES string of the molecule is Cc1nn(-c2ccccc2)c(C)c1NC(=O)CN(C1CC1)C(C)C1CC1. The molecule has 2 fully saturated rings. The van der Waals surface area contributed by atoms with Crippen LogP contribution in [0, 0.1) is 19.8 Å². The van der Waals surface area contributed by atoms with Crippen molar-refractivity contribution in [3.63, 3.8) is 0 Å². The molecular weight excluding hydrogens is 324 g/mol. The Kier molecular flexibility index (Phi) is 4.57. The Balaban J connectivity index is 1.48. The smallest absolute Gasteiger partial charge is 0.238 e. The lowest BCUT2D eigenvalue weighted by atomic mass is 10.1. The first kappa shape index (κ1) is 17.3. The lowest BCUT2D eigenvalue weighted by molar-refractivity contribution is -0.118. The highest BCUT2D eigenvalue weighted by Crippen LogP contribution is 2.39. The van der Waals surface area contributed by atoms with E-state index >= 15 is 0 Å². The lowest BCUT2D eigenvalue weighted by Crippen LogP contribution is -2.42. The highest BCUT2D eigenvalue weighted by Gasteiger charge is 2.39. The Bertz CT molecular complexity index is 790. The second-order valence-electron chi connectivity index (χ2n) is 7.82. The summed E-state index contributed by atoms with van der Waals surface area (Å²) in [7, 11) is 0. The molecule has 26 heavy (non-hydrogen) atoms. The fraction of sp³-hybridized carbons (Fsp3) is 0.524. The maximum absolute atomic E-state index is 12.8. The number of aromatic nitrogens is 2. The first-order valence-corrected chi connectivity index (χ1v) is 9.72. The van der Waals surface area contributed by atoms with Gasteiger partial charge in [-0.25, -0.2) is 4.68 Å². The second kappa shape index (κ2) is 6.88. The van der Waals surface area contributed by atoms with Gasteiger partial charge in [0.15, 0.2) is 0 Å². The first-order chi connectivity index (χ1) is 12.5. The van der Waals surface area contributed by atoms with E-state index in [0.29, 0.717) is 18.6 Å². The van der Waals surface area contributed by atoms with E-state index in [1.165, 1.54) is 25.7 Å². The maximum Gasteiger partial charge on any atom is 0.238 e. The van der Waals surface area contributed by atoms with Crippen LogP contribution in [-0.4, -0.2) is 39.2 Å². The fourth-order valence-corrected chi connectivity index (χ4v) is 3.85. The summed E-state index contributed by atoms with van der Waals surface area (Å²) in [4.78, 5) is 15.2. The van der Waals surface area contributed by atoms with Gasteiger partial charge in [-0.3, -0.25) is 9.69 Å². The summed E-state index contributed by atoms with van der Waals surface area (Å²) in [5.41, 5.74) is 3.67. The van der Waals surface area contributed by atoms with E-state index in [9.17, 15) is 4.79 Å². The zero-order valence-electron chi connectivity index (χ0n) is 15.9. The molecule has 4 rings (SSSR count). The summed E-state index contributed by atoms with van der Waals surface area (Å²) in [6.07, 6.45) is 5.09. The minimum absolute atomic E-state index is 0.0724. The average Bonchev–Trinajstić information content (AvgIpc) is 3.54. The van der Waals surface area contributed by atoms with Crippen molar-refractivity contribution in [2.45, 2.75) is 58.5 Å². The Labute approximate surface area is 155 Å². The highest BCUT2D eigenvalue weighted by atomic mass is 16.2. The summed E-state index contributed by atoms with van der Waals surface area (Å²) in [6, 6.07) is 11.2. The molecule has 5 heteroatoms. The van der Waals surface area contributed by atoms with E-state index in [0.717, 1.165) is 28.7 Å². The molecule has 1 unspecified atom stereocenters. The van der Waals surface area contributed by atoms with Crippen LogP contribution in [0.25, 0.3) is 5.69 Å². The monoisotopic (exact) mass is 352 g/mol. The van der Waals surface area contributed by atoms with Crippen LogP contribution in [0.15, 0.2) is 30.3 Å². The third-order valence-electron chi connectivity index (χ3n) is 5.73. The third kappa shape index (κ3) is 3.54. The van der Waals surface area contributed by atoms with E-state index in [1.54, 1.807) is 0 Å². The number of amides is 1. The van der Waals surface area contributed by atoms with Crippen molar-refractivity contribution < 1.29 is 4.79 Å². The van der Waals surface area contributed by atoms with E-state index in [4.69, 9.17) is 0 Å². The molecule has 1 N–H and O–H groups in total. The summed E-state index contributed by atoms with van der Waals surface area (Å²) in [6.45, 7) is 6.73. The van der Waals surface area contributed by atoms with Gasteiger partial charge in [0.05, 0.1) is 29.3 Å². The minimum atomic E-state index is 0.0724. The molecule has 1 aromatic heterocycles. The van der Waals surface area contributed by atoms with Crippen LogP contribution in [-0.2, 0) is 4.79 Å². The zero-order valence-corrected chi connectivity index (χ0v) is 15.9. The predicted molar refractivity (Wildman–Crippen MR) is 104 cm³/mol. The van der Waals surface area contributed by atoms with Crippen molar-refractivity contribution in [3.8, 4) is 5.69 Å². The first-order valence-electron chi connectivity index (χ1n) is 9.72. The maximum atomic E-state index is 12.8.